The van der Waals surface area contributed by atoms with Gasteiger partial charge in [0.05, 0.1) is 6.54 Å². The molecule has 0 saturated carbocycles. The van der Waals surface area contributed by atoms with Crippen molar-refractivity contribution in [3.05, 3.63) is 92.1 Å². The number of nitrogens with two attached hydrogens (primary N) is 1. The van der Waals surface area contributed by atoms with E-state index >= 15 is 0 Å². The molecule has 0 radical (unpaired) electrons. The molecule has 0 amide bonds. The second kappa shape index (κ2) is 9.46. The van der Waals surface area contributed by atoms with Gasteiger partial charge in [-0.25, -0.2) is 4.39 Å². The van der Waals surface area contributed by atoms with Crippen LogP contribution in [0, 0.1) is 5.82 Å². The van der Waals surface area contributed by atoms with Gasteiger partial charge in [0.2, 0.25) is 0 Å². The Hall–Kier alpha value is -2.01. The van der Waals surface area contributed by atoms with Gasteiger partial charge in [0.1, 0.15) is 22.6 Å². The first-order valence-corrected chi connectivity index (χ1v) is 10.2. The predicted molar refractivity (Wildman–Crippen MR) is 117 cm³/mol. The van der Waals surface area contributed by atoms with Crippen molar-refractivity contribution in [2.45, 2.75) is 19.6 Å². The molecule has 0 aliphatic heterocycles. The van der Waals surface area contributed by atoms with Crippen LogP contribution in [0.5, 0.6) is 5.75 Å². The minimum atomic E-state index is -0.339. The van der Waals surface area contributed by atoms with Crippen LogP contribution < -0.4 is 21.3 Å². The maximum atomic E-state index is 13.9. The highest BCUT2D eigenvalue weighted by atomic mass is 79.9. The van der Waals surface area contributed by atoms with Crippen LogP contribution in [0.3, 0.4) is 0 Å². The van der Waals surface area contributed by atoms with Gasteiger partial charge in [-0.15, -0.1) is 9.24 Å². The average molecular weight is 463 g/mol. The van der Waals surface area contributed by atoms with E-state index in [-0.39, 0.29) is 18.0 Å². The van der Waals surface area contributed by atoms with Crippen LogP contribution in [0.2, 0.25) is 0 Å². The van der Waals surface area contributed by atoms with Crippen LogP contribution in [0.4, 0.5) is 4.39 Å². The number of halogens is 2. The smallest absolute Gasteiger partial charge is 0.268 e. The monoisotopic (exact) mass is 462 g/mol. The second-order valence-corrected chi connectivity index (χ2v) is 7.88. The van der Waals surface area contributed by atoms with Crippen LogP contribution in [0.25, 0.3) is 0 Å². The Bertz CT molecular complexity index is 1040. The Balaban J connectivity index is 1.75. The summed E-state index contributed by atoms with van der Waals surface area (Å²) in [5.74, 6) is 0.0433. The molecule has 0 saturated heterocycles. The topological polar surface area (TPSA) is 57.2 Å². The zero-order valence-corrected chi connectivity index (χ0v) is 17.9. The van der Waals surface area contributed by atoms with Gasteiger partial charge < -0.3 is 15.0 Å². The Morgan fingerprint density at radius 3 is 2.68 bits per heavy atom. The highest BCUT2D eigenvalue weighted by Crippen LogP contribution is 2.22. The van der Waals surface area contributed by atoms with Gasteiger partial charge in [-0.1, -0.05) is 36.4 Å². The fourth-order valence-corrected chi connectivity index (χ4v) is 3.57. The summed E-state index contributed by atoms with van der Waals surface area (Å²) in [5, 5.41) is 0.764. The Labute approximate surface area is 173 Å². The summed E-state index contributed by atoms with van der Waals surface area (Å²) < 4.78 is 21.5. The molecule has 28 heavy (non-hydrogen) atoms. The first-order chi connectivity index (χ1) is 13.5. The highest BCUT2D eigenvalue weighted by Gasteiger charge is 2.11. The van der Waals surface area contributed by atoms with E-state index in [1.165, 1.54) is 6.07 Å². The number of benzene rings is 2. The number of ether oxygens (including phenoxy) is 1. The van der Waals surface area contributed by atoms with E-state index in [0.717, 1.165) is 22.9 Å². The summed E-state index contributed by atoms with van der Waals surface area (Å²) in [4.78, 5) is 12.7. The maximum Gasteiger partial charge on any atom is 0.268 e. The van der Waals surface area contributed by atoms with Gasteiger partial charge in [-0.2, -0.15) is 0 Å². The predicted octanol–water partition coefficient (Wildman–Crippen LogP) is 3.38. The third-order valence-electron chi connectivity index (χ3n) is 4.31. The van der Waals surface area contributed by atoms with Crippen molar-refractivity contribution in [3.63, 3.8) is 0 Å². The third kappa shape index (κ3) is 5.07. The number of rotatable bonds is 7. The van der Waals surface area contributed by atoms with Crippen molar-refractivity contribution in [1.29, 1.82) is 0 Å². The maximum absolute atomic E-state index is 13.9. The zero-order chi connectivity index (χ0) is 20.1. The van der Waals surface area contributed by atoms with Gasteiger partial charge in [0.15, 0.2) is 0 Å². The molecule has 0 spiro atoms. The summed E-state index contributed by atoms with van der Waals surface area (Å²) in [6.45, 7) is 1.07. The van der Waals surface area contributed by atoms with Gasteiger partial charge in [-0.3, -0.25) is 4.79 Å². The van der Waals surface area contributed by atoms with Crippen LogP contribution in [0.15, 0.2) is 64.0 Å². The Morgan fingerprint density at radius 1 is 1.14 bits per heavy atom. The molecule has 0 aliphatic carbocycles. The lowest BCUT2D eigenvalue weighted by Crippen LogP contribution is -2.21. The molecule has 3 rings (SSSR count). The highest BCUT2D eigenvalue weighted by molar-refractivity contribution is 9.10. The Morgan fingerprint density at radius 2 is 1.93 bits per heavy atom. The van der Waals surface area contributed by atoms with Crippen molar-refractivity contribution in [2.75, 3.05) is 6.54 Å². The normalized spacial score (nSPS) is 10.9. The molecule has 0 bridgehead atoms. The molecule has 3 aromatic rings. The van der Waals surface area contributed by atoms with Crippen LogP contribution in [-0.2, 0) is 19.6 Å². The number of pyridine rings is 1. The van der Waals surface area contributed by atoms with Crippen LogP contribution in [0.1, 0.15) is 16.7 Å². The summed E-state index contributed by atoms with van der Waals surface area (Å²) in [7, 11) is 2.45. The van der Waals surface area contributed by atoms with Crippen molar-refractivity contribution in [2.24, 2.45) is 5.73 Å². The minimum absolute atomic E-state index is 0.0416. The molecule has 7 heteroatoms. The lowest BCUT2D eigenvalue weighted by molar-refractivity contribution is 0.296. The second-order valence-electron chi connectivity index (χ2n) is 6.43. The van der Waals surface area contributed by atoms with E-state index in [0.29, 0.717) is 28.9 Å². The van der Waals surface area contributed by atoms with Crippen molar-refractivity contribution in [3.8, 4) is 5.75 Å². The number of hydrogen-bond acceptors (Lipinski definition) is 3. The lowest BCUT2D eigenvalue weighted by atomic mass is 10.1. The van der Waals surface area contributed by atoms with Gasteiger partial charge in [0, 0.05) is 11.8 Å². The van der Waals surface area contributed by atoms with Crippen LogP contribution >= 0.6 is 25.2 Å². The molecule has 1 unspecified atom stereocenters. The van der Waals surface area contributed by atoms with Crippen molar-refractivity contribution >= 4 is 30.5 Å². The average Bonchev–Trinajstić information content (AvgIpc) is 2.67. The summed E-state index contributed by atoms with van der Waals surface area (Å²) in [5.41, 5.74) is 8.00. The SMILES string of the molecule is NCCc1cccc(Cn2ccc(OCc3ccc(P)cc3F)c(Br)c2=O)c1. The fourth-order valence-electron chi connectivity index (χ4n) is 2.85. The van der Waals surface area contributed by atoms with Gasteiger partial charge >= 0.3 is 0 Å². The molecule has 146 valence electrons. The molecule has 2 N–H and O–H groups in total. The molecular weight excluding hydrogens is 442 g/mol. The largest absolute Gasteiger partial charge is 0.487 e. The summed E-state index contributed by atoms with van der Waals surface area (Å²) in [6.07, 6.45) is 2.48. The van der Waals surface area contributed by atoms with E-state index in [2.05, 4.69) is 31.2 Å². The first-order valence-electron chi connectivity index (χ1n) is 8.81. The van der Waals surface area contributed by atoms with Crippen molar-refractivity contribution in [1.82, 2.24) is 4.57 Å². The number of nitrogens with zero attached hydrogens (tertiary/aromatic N) is 1. The zero-order valence-electron chi connectivity index (χ0n) is 15.2. The van der Waals surface area contributed by atoms with E-state index in [9.17, 15) is 9.18 Å². The molecule has 1 atom stereocenters. The molecule has 2 aromatic carbocycles. The van der Waals surface area contributed by atoms with Gasteiger partial charge in [-0.05, 0) is 57.5 Å². The summed E-state index contributed by atoms with van der Waals surface area (Å²) >= 11 is 3.32. The molecule has 1 heterocycles. The number of hydrogen-bond donors (Lipinski definition) is 1. The number of aromatic nitrogens is 1. The third-order valence-corrected chi connectivity index (χ3v) is 5.40. The lowest BCUT2D eigenvalue weighted by Gasteiger charge is -2.12. The fraction of sp³-hybridized carbons (Fsp3) is 0.190. The van der Waals surface area contributed by atoms with E-state index in [1.54, 1.807) is 29.0 Å². The summed E-state index contributed by atoms with van der Waals surface area (Å²) in [6, 6.07) is 14.6. The molecule has 4 nitrogen and oxygen atoms in total. The molecular formula is C21H21BrFN2O2P. The first kappa shape index (κ1) is 20.7. The van der Waals surface area contributed by atoms with E-state index < -0.39 is 0 Å². The van der Waals surface area contributed by atoms with E-state index in [1.807, 2.05) is 18.2 Å². The molecule has 0 aliphatic rings. The standard InChI is InChI=1S/C21H21BrFN2O2P/c22-20-19(27-13-16-4-5-17(28)11-18(16)23)7-9-25(21(20)26)12-15-3-1-2-14(10-15)6-8-24/h1-5,7,9-11H,6,8,12-13,24,28H2. The van der Waals surface area contributed by atoms with Gasteiger partial charge in [0.25, 0.3) is 5.56 Å². The molecule has 0 fully saturated rings. The van der Waals surface area contributed by atoms with Crippen molar-refractivity contribution < 1.29 is 9.13 Å². The Kier molecular flexibility index (Phi) is 7.00. The minimum Gasteiger partial charge on any atom is -0.487 e. The van der Waals surface area contributed by atoms with Crippen LogP contribution in [-0.4, -0.2) is 11.1 Å². The molecule has 1 aromatic heterocycles. The quantitative estimate of drug-likeness (QED) is 0.547. The van der Waals surface area contributed by atoms with E-state index in [4.69, 9.17) is 10.5 Å².